The number of nitrogens with zero attached hydrogens (tertiary/aromatic N) is 2. The van der Waals surface area contributed by atoms with Crippen LogP contribution in [-0.2, 0) is 4.74 Å². The minimum absolute atomic E-state index is 0.622. The van der Waals surface area contributed by atoms with E-state index in [1.807, 2.05) is 18.3 Å². The quantitative estimate of drug-likeness (QED) is 0.618. The summed E-state index contributed by atoms with van der Waals surface area (Å²) in [5.41, 5.74) is 0.914. The summed E-state index contributed by atoms with van der Waals surface area (Å²) in [5, 5.41) is 6.89. The normalized spacial score (nSPS) is 14.3. The SMILES string of the molecule is COCCCNC(=S)Nc1ccc(N2CCCC2)nc1. The van der Waals surface area contributed by atoms with Crippen LogP contribution in [0.5, 0.6) is 0 Å². The maximum Gasteiger partial charge on any atom is 0.170 e. The zero-order valence-electron chi connectivity index (χ0n) is 11.9. The molecule has 1 aliphatic heterocycles. The second-order valence-electron chi connectivity index (χ2n) is 4.83. The van der Waals surface area contributed by atoms with Crippen LogP contribution in [0.3, 0.4) is 0 Å². The van der Waals surface area contributed by atoms with Gasteiger partial charge in [0.05, 0.1) is 11.9 Å². The van der Waals surface area contributed by atoms with Crippen molar-refractivity contribution in [1.82, 2.24) is 10.3 Å². The van der Waals surface area contributed by atoms with Crippen LogP contribution in [0.25, 0.3) is 0 Å². The Kier molecular flexibility index (Phi) is 6.01. The Morgan fingerprint density at radius 1 is 1.40 bits per heavy atom. The van der Waals surface area contributed by atoms with Gasteiger partial charge in [0.1, 0.15) is 5.82 Å². The van der Waals surface area contributed by atoms with Crippen molar-refractivity contribution in [3.8, 4) is 0 Å². The molecular formula is C14H22N4OS. The summed E-state index contributed by atoms with van der Waals surface area (Å²) >= 11 is 5.22. The number of rotatable bonds is 6. The fourth-order valence-electron chi connectivity index (χ4n) is 2.19. The smallest absolute Gasteiger partial charge is 0.170 e. The molecule has 0 amide bonds. The van der Waals surface area contributed by atoms with E-state index >= 15 is 0 Å². The van der Waals surface area contributed by atoms with Gasteiger partial charge in [-0.3, -0.25) is 0 Å². The van der Waals surface area contributed by atoms with Gasteiger partial charge in [-0.05, 0) is 43.6 Å². The first-order valence-corrected chi connectivity index (χ1v) is 7.45. The highest BCUT2D eigenvalue weighted by atomic mass is 32.1. The standard InChI is InChI=1S/C14H22N4OS/c1-19-10-4-7-15-14(20)17-12-5-6-13(16-11-12)18-8-2-3-9-18/h5-6,11H,2-4,7-10H2,1H3,(H2,15,17,20). The molecule has 6 heteroatoms. The highest BCUT2D eigenvalue weighted by Crippen LogP contribution is 2.18. The van der Waals surface area contributed by atoms with Gasteiger partial charge in [0.2, 0.25) is 0 Å². The second kappa shape index (κ2) is 8.01. The molecule has 20 heavy (non-hydrogen) atoms. The summed E-state index contributed by atoms with van der Waals surface area (Å²) in [4.78, 5) is 6.79. The summed E-state index contributed by atoms with van der Waals surface area (Å²) in [6.07, 6.45) is 5.29. The number of nitrogens with one attached hydrogen (secondary N) is 2. The first kappa shape index (κ1) is 15.0. The van der Waals surface area contributed by atoms with E-state index in [4.69, 9.17) is 17.0 Å². The highest BCUT2D eigenvalue weighted by molar-refractivity contribution is 7.80. The van der Waals surface area contributed by atoms with E-state index in [0.29, 0.717) is 5.11 Å². The van der Waals surface area contributed by atoms with E-state index in [9.17, 15) is 0 Å². The zero-order chi connectivity index (χ0) is 14.2. The lowest BCUT2D eigenvalue weighted by Gasteiger charge is -2.16. The van der Waals surface area contributed by atoms with Crippen LogP contribution in [0.15, 0.2) is 18.3 Å². The summed E-state index contributed by atoms with van der Waals surface area (Å²) in [6.45, 7) is 3.76. The molecule has 5 nitrogen and oxygen atoms in total. The number of pyridine rings is 1. The lowest BCUT2D eigenvalue weighted by Crippen LogP contribution is -2.29. The summed E-state index contributed by atoms with van der Waals surface area (Å²) in [6, 6.07) is 4.06. The number of aromatic nitrogens is 1. The fourth-order valence-corrected chi connectivity index (χ4v) is 2.41. The third kappa shape index (κ3) is 4.61. The summed E-state index contributed by atoms with van der Waals surface area (Å²) in [5.74, 6) is 1.05. The summed E-state index contributed by atoms with van der Waals surface area (Å²) in [7, 11) is 1.70. The molecule has 1 aromatic rings. The number of hydrogen-bond donors (Lipinski definition) is 2. The van der Waals surface area contributed by atoms with Crippen molar-refractivity contribution >= 4 is 28.8 Å². The molecule has 0 spiro atoms. The average Bonchev–Trinajstić information content (AvgIpc) is 2.99. The van der Waals surface area contributed by atoms with Crippen molar-refractivity contribution in [3.05, 3.63) is 18.3 Å². The van der Waals surface area contributed by atoms with Crippen LogP contribution >= 0.6 is 12.2 Å². The molecule has 1 aromatic heterocycles. The van der Waals surface area contributed by atoms with E-state index in [0.717, 1.165) is 44.2 Å². The Hall–Kier alpha value is -1.40. The maximum atomic E-state index is 5.22. The second-order valence-corrected chi connectivity index (χ2v) is 5.23. The van der Waals surface area contributed by atoms with Crippen molar-refractivity contribution in [2.75, 3.05) is 43.6 Å². The van der Waals surface area contributed by atoms with Crippen molar-refractivity contribution in [2.24, 2.45) is 0 Å². The van der Waals surface area contributed by atoms with Gasteiger partial charge in [-0.15, -0.1) is 0 Å². The molecule has 0 bridgehead atoms. The van der Waals surface area contributed by atoms with Crippen LogP contribution in [0.1, 0.15) is 19.3 Å². The number of methoxy groups -OCH3 is 1. The van der Waals surface area contributed by atoms with Crippen molar-refractivity contribution in [1.29, 1.82) is 0 Å². The first-order chi connectivity index (χ1) is 9.79. The Morgan fingerprint density at radius 2 is 2.20 bits per heavy atom. The number of thiocarbonyl (C=S) groups is 1. The fraction of sp³-hybridized carbons (Fsp3) is 0.571. The third-order valence-corrected chi connectivity index (χ3v) is 3.49. The summed E-state index contributed by atoms with van der Waals surface area (Å²) < 4.78 is 4.99. The molecule has 0 radical (unpaired) electrons. The minimum atomic E-state index is 0.622. The van der Waals surface area contributed by atoms with E-state index in [1.54, 1.807) is 7.11 Å². The number of anilines is 2. The van der Waals surface area contributed by atoms with Gasteiger partial charge >= 0.3 is 0 Å². The number of hydrogen-bond acceptors (Lipinski definition) is 4. The van der Waals surface area contributed by atoms with Gasteiger partial charge in [-0.1, -0.05) is 0 Å². The van der Waals surface area contributed by atoms with Crippen molar-refractivity contribution < 1.29 is 4.74 Å². The largest absolute Gasteiger partial charge is 0.385 e. The maximum absolute atomic E-state index is 5.22. The molecule has 110 valence electrons. The minimum Gasteiger partial charge on any atom is -0.385 e. The predicted molar refractivity (Wildman–Crippen MR) is 86.4 cm³/mol. The average molecular weight is 294 g/mol. The van der Waals surface area contributed by atoms with Crippen molar-refractivity contribution in [2.45, 2.75) is 19.3 Å². The predicted octanol–water partition coefficient (Wildman–Crippen LogP) is 2.00. The molecular weight excluding hydrogens is 272 g/mol. The monoisotopic (exact) mass is 294 g/mol. The Bertz CT molecular complexity index is 418. The van der Waals surface area contributed by atoms with E-state index in [2.05, 4.69) is 20.5 Å². The Labute approximate surface area is 125 Å². The zero-order valence-corrected chi connectivity index (χ0v) is 12.7. The van der Waals surface area contributed by atoms with Crippen LogP contribution < -0.4 is 15.5 Å². The highest BCUT2D eigenvalue weighted by Gasteiger charge is 2.12. The molecule has 0 saturated carbocycles. The Balaban J connectivity index is 1.76. The molecule has 1 saturated heterocycles. The van der Waals surface area contributed by atoms with Crippen LogP contribution in [0.2, 0.25) is 0 Å². The van der Waals surface area contributed by atoms with Gasteiger partial charge in [-0.2, -0.15) is 0 Å². The van der Waals surface area contributed by atoms with Gasteiger partial charge in [-0.25, -0.2) is 4.98 Å². The molecule has 2 rings (SSSR count). The van der Waals surface area contributed by atoms with Gasteiger partial charge < -0.3 is 20.3 Å². The molecule has 0 aromatic carbocycles. The van der Waals surface area contributed by atoms with Gasteiger partial charge in [0.25, 0.3) is 0 Å². The number of ether oxygens (including phenoxy) is 1. The molecule has 1 fully saturated rings. The van der Waals surface area contributed by atoms with E-state index < -0.39 is 0 Å². The molecule has 0 atom stereocenters. The molecule has 0 aliphatic carbocycles. The third-order valence-electron chi connectivity index (χ3n) is 3.25. The molecule has 0 unspecified atom stereocenters. The van der Waals surface area contributed by atoms with Crippen LogP contribution in [-0.4, -0.2) is 43.4 Å². The van der Waals surface area contributed by atoms with Gasteiger partial charge in [0.15, 0.2) is 5.11 Å². The molecule has 1 aliphatic rings. The lowest BCUT2D eigenvalue weighted by atomic mass is 10.4. The van der Waals surface area contributed by atoms with Crippen LogP contribution in [0, 0.1) is 0 Å². The lowest BCUT2D eigenvalue weighted by molar-refractivity contribution is 0.196. The first-order valence-electron chi connectivity index (χ1n) is 7.04. The molecule has 2 N–H and O–H groups in total. The van der Waals surface area contributed by atoms with E-state index in [1.165, 1.54) is 12.8 Å². The van der Waals surface area contributed by atoms with Gasteiger partial charge in [0, 0.05) is 33.4 Å². The van der Waals surface area contributed by atoms with Crippen molar-refractivity contribution in [3.63, 3.8) is 0 Å². The topological polar surface area (TPSA) is 49.4 Å². The van der Waals surface area contributed by atoms with Crippen LogP contribution in [0.4, 0.5) is 11.5 Å². The Morgan fingerprint density at radius 3 is 2.85 bits per heavy atom. The molecule has 2 heterocycles. The van der Waals surface area contributed by atoms with E-state index in [-0.39, 0.29) is 0 Å².